The standard InChI is InChI=1S/C12H23N7/c1-4-19-7-5-6-9(19)8-14-11-15-10(13)16-12(17-11)18(2)3/h9H,4-8H2,1-3H3,(H3,13,14,15,16,17). The summed E-state index contributed by atoms with van der Waals surface area (Å²) in [7, 11) is 3.77. The van der Waals surface area contributed by atoms with Gasteiger partial charge in [0.05, 0.1) is 0 Å². The number of nitrogens with zero attached hydrogens (tertiary/aromatic N) is 5. The number of nitrogens with one attached hydrogen (secondary N) is 1. The van der Waals surface area contributed by atoms with E-state index in [1.165, 1.54) is 19.4 Å². The van der Waals surface area contributed by atoms with E-state index in [1.807, 2.05) is 19.0 Å². The highest BCUT2D eigenvalue weighted by molar-refractivity contribution is 5.40. The summed E-state index contributed by atoms with van der Waals surface area (Å²) in [6, 6.07) is 0.561. The van der Waals surface area contributed by atoms with Crippen LogP contribution in [0.3, 0.4) is 0 Å². The van der Waals surface area contributed by atoms with E-state index in [-0.39, 0.29) is 5.95 Å². The number of nitrogen functional groups attached to an aromatic ring is 1. The number of likely N-dealkylation sites (N-methyl/N-ethyl adjacent to an activating group) is 1. The minimum atomic E-state index is 0.250. The van der Waals surface area contributed by atoms with Crippen molar-refractivity contribution >= 4 is 17.8 Å². The monoisotopic (exact) mass is 265 g/mol. The fourth-order valence-electron chi connectivity index (χ4n) is 2.41. The van der Waals surface area contributed by atoms with Crippen molar-refractivity contribution in [1.82, 2.24) is 19.9 Å². The molecule has 1 atom stereocenters. The minimum Gasteiger partial charge on any atom is -0.368 e. The Morgan fingerprint density at radius 2 is 2.16 bits per heavy atom. The third kappa shape index (κ3) is 3.44. The lowest BCUT2D eigenvalue weighted by Gasteiger charge is -2.23. The topological polar surface area (TPSA) is 83.2 Å². The van der Waals surface area contributed by atoms with Gasteiger partial charge in [0, 0.05) is 26.7 Å². The van der Waals surface area contributed by atoms with Crippen molar-refractivity contribution in [3.63, 3.8) is 0 Å². The molecule has 2 rings (SSSR count). The molecular formula is C12H23N7. The summed E-state index contributed by atoms with van der Waals surface area (Å²) in [6.07, 6.45) is 2.49. The van der Waals surface area contributed by atoms with E-state index in [4.69, 9.17) is 5.73 Å². The lowest BCUT2D eigenvalue weighted by Crippen LogP contribution is -2.35. The van der Waals surface area contributed by atoms with Crippen LogP contribution in [0, 0.1) is 0 Å². The summed E-state index contributed by atoms with van der Waals surface area (Å²) in [5.74, 6) is 1.38. The van der Waals surface area contributed by atoms with Crippen molar-refractivity contribution < 1.29 is 0 Å². The van der Waals surface area contributed by atoms with Crippen molar-refractivity contribution in [2.75, 3.05) is 49.7 Å². The van der Waals surface area contributed by atoms with Crippen LogP contribution in [0.1, 0.15) is 19.8 Å². The van der Waals surface area contributed by atoms with Gasteiger partial charge in [0.15, 0.2) is 0 Å². The van der Waals surface area contributed by atoms with E-state index >= 15 is 0 Å². The van der Waals surface area contributed by atoms with Crippen LogP contribution < -0.4 is 16.0 Å². The number of aromatic nitrogens is 3. The largest absolute Gasteiger partial charge is 0.368 e. The Morgan fingerprint density at radius 3 is 2.84 bits per heavy atom. The Labute approximate surface area is 114 Å². The van der Waals surface area contributed by atoms with Crippen LogP contribution in [0.5, 0.6) is 0 Å². The minimum absolute atomic E-state index is 0.250. The molecule has 3 N–H and O–H groups in total. The zero-order chi connectivity index (χ0) is 13.8. The highest BCUT2D eigenvalue weighted by atomic mass is 15.3. The number of hydrogen-bond acceptors (Lipinski definition) is 7. The van der Waals surface area contributed by atoms with Gasteiger partial charge < -0.3 is 16.0 Å². The quantitative estimate of drug-likeness (QED) is 0.798. The van der Waals surface area contributed by atoms with E-state index in [0.29, 0.717) is 17.9 Å². The molecule has 0 spiro atoms. The Balaban J connectivity index is 1.99. The first kappa shape index (κ1) is 13.8. The Kier molecular flexibility index (Phi) is 4.36. The number of hydrogen-bond donors (Lipinski definition) is 2. The van der Waals surface area contributed by atoms with E-state index < -0.39 is 0 Å². The zero-order valence-electron chi connectivity index (χ0n) is 11.9. The maximum atomic E-state index is 5.70. The molecule has 0 saturated carbocycles. The lowest BCUT2D eigenvalue weighted by atomic mass is 10.2. The fraction of sp³-hybridized carbons (Fsp3) is 0.750. The normalized spacial score (nSPS) is 19.6. The maximum absolute atomic E-state index is 5.70. The summed E-state index contributed by atoms with van der Waals surface area (Å²) in [5.41, 5.74) is 5.70. The molecule has 1 unspecified atom stereocenters. The molecule has 7 nitrogen and oxygen atoms in total. The van der Waals surface area contributed by atoms with Gasteiger partial charge in [0.2, 0.25) is 17.8 Å². The first-order valence-corrected chi connectivity index (χ1v) is 6.77. The molecule has 0 aliphatic carbocycles. The molecule has 0 aromatic carbocycles. The second kappa shape index (κ2) is 6.01. The number of rotatable bonds is 5. The first-order valence-electron chi connectivity index (χ1n) is 6.77. The summed E-state index contributed by atoms with van der Waals surface area (Å²) in [5, 5.41) is 3.28. The lowest BCUT2D eigenvalue weighted by molar-refractivity contribution is 0.277. The summed E-state index contributed by atoms with van der Waals surface area (Å²) < 4.78 is 0. The molecule has 7 heteroatoms. The van der Waals surface area contributed by atoms with E-state index in [1.54, 1.807) is 0 Å². The third-order valence-electron chi connectivity index (χ3n) is 3.44. The molecule has 1 aliphatic rings. The SMILES string of the molecule is CCN1CCCC1CNc1nc(N)nc(N(C)C)n1. The zero-order valence-corrected chi connectivity index (χ0v) is 11.9. The molecule has 19 heavy (non-hydrogen) atoms. The van der Waals surface area contributed by atoms with Gasteiger partial charge in [-0.3, -0.25) is 4.90 Å². The summed E-state index contributed by atoms with van der Waals surface area (Å²) in [6.45, 7) is 5.33. The Bertz CT molecular complexity index is 421. The van der Waals surface area contributed by atoms with E-state index in [9.17, 15) is 0 Å². The van der Waals surface area contributed by atoms with Gasteiger partial charge in [-0.05, 0) is 25.9 Å². The second-order valence-corrected chi connectivity index (χ2v) is 5.02. The molecule has 1 aromatic heterocycles. The number of likely N-dealkylation sites (tertiary alicyclic amines) is 1. The molecule has 0 amide bonds. The molecular weight excluding hydrogens is 242 g/mol. The molecule has 1 fully saturated rings. The van der Waals surface area contributed by atoms with E-state index in [2.05, 4.69) is 32.1 Å². The van der Waals surface area contributed by atoms with Gasteiger partial charge in [0.25, 0.3) is 0 Å². The number of anilines is 3. The van der Waals surface area contributed by atoms with Crippen LogP contribution in [-0.2, 0) is 0 Å². The molecule has 1 aromatic rings. The first-order chi connectivity index (χ1) is 9.10. The van der Waals surface area contributed by atoms with Crippen molar-refractivity contribution in [2.24, 2.45) is 0 Å². The third-order valence-corrected chi connectivity index (χ3v) is 3.44. The van der Waals surface area contributed by atoms with Gasteiger partial charge >= 0.3 is 0 Å². The fourth-order valence-corrected chi connectivity index (χ4v) is 2.41. The maximum Gasteiger partial charge on any atom is 0.231 e. The van der Waals surface area contributed by atoms with Crippen molar-refractivity contribution in [2.45, 2.75) is 25.8 Å². The summed E-state index contributed by atoms with van der Waals surface area (Å²) in [4.78, 5) is 16.8. The van der Waals surface area contributed by atoms with E-state index in [0.717, 1.165) is 13.1 Å². The molecule has 0 bridgehead atoms. The van der Waals surface area contributed by atoms with Crippen LogP contribution >= 0.6 is 0 Å². The van der Waals surface area contributed by atoms with Crippen LogP contribution in [0.15, 0.2) is 0 Å². The van der Waals surface area contributed by atoms with Crippen molar-refractivity contribution in [1.29, 1.82) is 0 Å². The Morgan fingerprint density at radius 1 is 1.37 bits per heavy atom. The smallest absolute Gasteiger partial charge is 0.231 e. The van der Waals surface area contributed by atoms with Crippen molar-refractivity contribution in [3.05, 3.63) is 0 Å². The molecule has 1 aliphatic heterocycles. The predicted octanol–water partition coefficient (Wildman–Crippen LogP) is 0.416. The average Bonchev–Trinajstić information content (AvgIpc) is 2.83. The van der Waals surface area contributed by atoms with Gasteiger partial charge in [-0.2, -0.15) is 15.0 Å². The second-order valence-electron chi connectivity index (χ2n) is 5.02. The molecule has 0 radical (unpaired) electrons. The van der Waals surface area contributed by atoms with Crippen LogP contribution in [0.2, 0.25) is 0 Å². The molecule has 1 saturated heterocycles. The van der Waals surface area contributed by atoms with Crippen molar-refractivity contribution in [3.8, 4) is 0 Å². The molecule has 106 valence electrons. The van der Waals surface area contributed by atoms with Gasteiger partial charge in [-0.1, -0.05) is 6.92 Å². The van der Waals surface area contributed by atoms with Crippen LogP contribution in [-0.4, -0.2) is 59.6 Å². The highest BCUT2D eigenvalue weighted by Gasteiger charge is 2.22. The van der Waals surface area contributed by atoms with Gasteiger partial charge in [0.1, 0.15) is 0 Å². The van der Waals surface area contributed by atoms with Crippen LogP contribution in [0.25, 0.3) is 0 Å². The molecule has 2 heterocycles. The summed E-state index contributed by atoms with van der Waals surface area (Å²) >= 11 is 0. The Hall–Kier alpha value is -1.63. The highest BCUT2D eigenvalue weighted by Crippen LogP contribution is 2.17. The van der Waals surface area contributed by atoms with Gasteiger partial charge in [-0.25, -0.2) is 0 Å². The van der Waals surface area contributed by atoms with Crippen LogP contribution in [0.4, 0.5) is 17.8 Å². The van der Waals surface area contributed by atoms with Gasteiger partial charge in [-0.15, -0.1) is 0 Å². The average molecular weight is 265 g/mol. The predicted molar refractivity (Wildman–Crippen MR) is 77.3 cm³/mol. The number of nitrogens with two attached hydrogens (primary N) is 1.